The molecule has 1 heterocycles. The van der Waals surface area contributed by atoms with Crippen LogP contribution in [0.1, 0.15) is 10.4 Å². The Morgan fingerprint density at radius 3 is 2.54 bits per heavy atom. The summed E-state index contributed by atoms with van der Waals surface area (Å²) >= 11 is 0. The number of amides is 2. The predicted molar refractivity (Wildman–Crippen MR) is 91.0 cm³/mol. The molecule has 1 atom stereocenters. The third kappa shape index (κ3) is 3.55. The van der Waals surface area contributed by atoms with E-state index in [1.807, 2.05) is 48.5 Å². The average molecular weight is 325 g/mol. The molecule has 0 saturated carbocycles. The van der Waals surface area contributed by atoms with E-state index in [2.05, 4.69) is 5.32 Å². The maximum absolute atomic E-state index is 12.9. The molecular formula is C18H19N3O3. The Morgan fingerprint density at radius 1 is 1.08 bits per heavy atom. The number of rotatable bonds is 4. The van der Waals surface area contributed by atoms with Gasteiger partial charge in [-0.25, -0.2) is 0 Å². The van der Waals surface area contributed by atoms with Gasteiger partial charge in [-0.1, -0.05) is 30.3 Å². The number of anilines is 2. The first-order valence-corrected chi connectivity index (χ1v) is 7.76. The number of primary amides is 1. The molecule has 2 amide bonds. The van der Waals surface area contributed by atoms with Crippen molar-refractivity contribution in [1.82, 2.24) is 4.90 Å². The first kappa shape index (κ1) is 16.0. The van der Waals surface area contributed by atoms with Crippen LogP contribution in [-0.2, 0) is 9.53 Å². The molecule has 1 aliphatic rings. The molecule has 24 heavy (non-hydrogen) atoms. The smallest absolute Gasteiger partial charge is 0.256 e. The number of nitrogens with one attached hydrogen (secondary N) is 1. The number of hydrogen-bond donors (Lipinski definition) is 2. The van der Waals surface area contributed by atoms with E-state index in [0.717, 1.165) is 11.4 Å². The summed E-state index contributed by atoms with van der Waals surface area (Å²) in [5.74, 6) is -0.702. The van der Waals surface area contributed by atoms with Gasteiger partial charge < -0.3 is 20.7 Å². The first-order chi connectivity index (χ1) is 11.6. The van der Waals surface area contributed by atoms with E-state index in [1.54, 1.807) is 11.0 Å². The third-order valence-corrected chi connectivity index (χ3v) is 3.88. The number of carbonyl (C=O) groups is 2. The van der Waals surface area contributed by atoms with Gasteiger partial charge in [0.25, 0.3) is 5.91 Å². The van der Waals surface area contributed by atoms with E-state index < -0.39 is 12.0 Å². The Morgan fingerprint density at radius 2 is 1.79 bits per heavy atom. The molecule has 3 N–H and O–H groups in total. The monoisotopic (exact) mass is 325 g/mol. The molecule has 0 aliphatic carbocycles. The Bertz CT molecular complexity index is 733. The second-order valence-electron chi connectivity index (χ2n) is 5.55. The molecule has 3 rings (SSSR count). The van der Waals surface area contributed by atoms with E-state index in [4.69, 9.17) is 10.5 Å². The van der Waals surface area contributed by atoms with Crippen molar-refractivity contribution in [3.05, 3.63) is 60.2 Å². The Labute approximate surface area is 140 Å². The minimum Gasteiger partial charge on any atom is -0.367 e. The molecule has 6 heteroatoms. The molecule has 1 aliphatic heterocycles. The lowest BCUT2D eigenvalue weighted by Crippen LogP contribution is -2.50. The van der Waals surface area contributed by atoms with Crippen LogP contribution in [0, 0.1) is 0 Å². The van der Waals surface area contributed by atoms with Crippen LogP contribution in [0.2, 0.25) is 0 Å². The summed E-state index contributed by atoms with van der Waals surface area (Å²) in [6.07, 6.45) is -0.753. The van der Waals surface area contributed by atoms with Crippen molar-refractivity contribution in [2.75, 3.05) is 25.0 Å². The minimum atomic E-state index is -0.753. The van der Waals surface area contributed by atoms with Crippen LogP contribution < -0.4 is 11.1 Å². The molecule has 1 saturated heterocycles. The van der Waals surface area contributed by atoms with Crippen molar-refractivity contribution < 1.29 is 14.3 Å². The van der Waals surface area contributed by atoms with Crippen molar-refractivity contribution in [1.29, 1.82) is 0 Å². The second-order valence-corrected chi connectivity index (χ2v) is 5.55. The number of morpholine rings is 1. The Hall–Kier alpha value is -2.86. The quantitative estimate of drug-likeness (QED) is 0.897. The predicted octanol–water partition coefficient (Wildman–Crippen LogP) is 1.76. The number of para-hydroxylation sites is 2. The molecular weight excluding hydrogens is 306 g/mol. The zero-order valence-corrected chi connectivity index (χ0v) is 13.1. The van der Waals surface area contributed by atoms with Crippen LogP contribution in [-0.4, -0.2) is 42.5 Å². The number of hydrogen-bond acceptors (Lipinski definition) is 4. The van der Waals surface area contributed by atoms with Gasteiger partial charge in [0.15, 0.2) is 6.10 Å². The summed E-state index contributed by atoms with van der Waals surface area (Å²) in [5, 5.41) is 3.26. The van der Waals surface area contributed by atoms with Gasteiger partial charge in [-0.2, -0.15) is 0 Å². The maximum Gasteiger partial charge on any atom is 0.256 e. The fourth-order valence-electron chi connectivity index (χ4n) is 2.63. The van der Waals surface area contributed by atoms with Gasteiger partial charge >= 0.3 is 0 Å². The highest BCUT2D eigenvalue weighted by Gasteiger charge is 2.29. The number of nitrogens with two attached hydrogens (primary N) is 1. The summed E-state index contributed by atoms with van der Waals surface area (Å²) in [7, 11) is 0. The highest BCUT2D eigenvalue weighted by molar-refractivity contribution is 6.00. The van der Waals surface area contributed by atoms with E-state index in [1.165, 1.54) is 0 Å². The molecule has 124 valence electrons. The van der Waals surface area contributed by atoms with Crippen molar-refractivity contribution >= 4 is 23.2 Å². The van der Waals surface area contributed by atoms with E-state index in [9.17, 15) is 9.59 Å². The normalized spacial score (nSPS) is 17.3. The molecule has 2 aromatic carbocycles. The Kier molecular flexibility index (Phi) is 4.77. The van der Waals surface area contributed by atoms with Crippen LogP contribution in [0.3, 0.4) is 0 Å². The first-order valence-electron chi connectivity index (χ1n) is 7.76. The van der Waals surface area contributed by atoms with E-state index in [0.29, 0.717) is 18.7 Å². The lowest BCUT2D eigenvalue weighted by molar-refractivity contribution is -0.133. The van der Waals surface area contributed by atoms with Crippen LogP contribution in [0.25, 0.3) is 0 Å². The molecule has 6 nitrogen and oxygen atoms in total. The Balaban J connectivity index is 1.81. The number of carbonyl (C=O) groups excluding carboxylic acids is 2. The molecule has 1 fully saturated rings. The molecule has 0 unspecified atom stereocenters. The van der Waals surface area contributed by atoms with Gasteiger partial charge in [-0.15, -0.1) is 0 Å². The van der Waals surface area contributed by atoms with Crippen molar-refractivity contribution in [3.63, 3.8) is 0 Å². The highest BCUT2D eigenvalue weighted by atomic mass is 16.5. The fourth-order valence-corrected chi connectivity index (χ4v) is 2.63. The van der Waals surface area contributed by atoms with Crippen molar-refractivity contribution in [3.8, 4) is 0 Å². The van der Waals surface area contributed by atoms with Gasteiger partial charge in [0.1, 0.15) is 0 Å². The van der Waals surface area contributed by atoms with Crippen molar-refractivity contribution in [2.24, 2.45) is 5.73 Å². The van der Waals surface area contributed by atoms with Crippen molar-refractivity contribution in [2.45, 2.75) is 6.10 Å². The van der Waals surface area contributed by atoms with Crippen LogP contribution in [0.15, 0.2) is 54.6 Å². The second kappa shape index (κ2) is 7.14. The maximum atomic E-state index is 12.9. The number of ether oxygens (including phenoxy) is 1. The number of benzene rings is 2. The SMILES string of the molecule is NC(=O)[C@@H]1CN(C(=O)c2ccccc2Nc2ccccc2)CCO1. The lowest BCUT2D eigenvalue weighted by Gasteiger charge is -2.31. The summed E-state index contributed by atoms with van der Waals surface area (Å²) in [4.78, 5) is 25.8. The average Bonchev–Trinajstić information content (AvgIpc) is 2.62. The van der Waals surface area contributed by atoms with Crippen LogP contribution >= 0.6 is 0 Å². The van der Waals surface area contributed by atoms with E-state index >= 15 is 0 Å². The molecule has 0 bridgehead atoms. The highest BCUT2D eigenvalue weighted by Crippen LogP contribution is 2.23. The lowest BCUT2D eigenvalue weighted by atomic mass is 10.1. The van der Waals surface area contributed by atoms with E-state index in [-0.39, 0.29) is 12.5 Å². The molecule has 0 aromatic heterocycles. The summed E-state index contributed by atoms with van der Waals surface area (Å²) in [6.45, 7) is 0.906. The van der Waals surface area contributed by atoms with Gasteiger partial charge in [0.2, 0.25) is 5.91 Å². The standard InChI is InChI=1S/C18H19N3O3/c19-17(22)16-12-21(10-11-24-16)18(23)14-8-4-5-9-15(14)20-13-6-2-1-3-7-13/h1-9,16,20H,10-12H2,(H2,19,22)/t16-/m0/s1. The topological polar surface area (TPSA) is 84.7 Å². The minimum absolute atomic E-state index is 0.149. The zero-order chi connectivity index (χ0) is 16.9. The fraction of sp³-hybridized carbons (Fsp3) is 0.222. The van der Waals surface area contributed by atoms with Gasteiger partial charge in [-0.3, -0.25) is 9.59 Å². The summed E-state index contributed by atoms with van der Waals surface area (Å²) in [5.41, 5.74) is 7.45. The molecule has 0 spiro atoms. The summed E-state index contributed by atoms with van der Waals surface area (Å²) in [6, 6.07) is 16.9. The van der Waals surface area contributed by atoms with Crippen LogP contribution in [0.5, 0.6) is 0 Å². The molecule has 2 aromatic rings. The van der Waals surface area contributed by atoms with Gasteiger partial charge in [0, 0.05) is 12.2 Å². The zero-order valence-electron chi connectivity index (χ0n) is 13.1. The number of nitrogens with zero attached hydrogens (tertiary/aromatic N) is 1. The molecule has 0 radical (unpaired) electrons. The third-order valence-electron chi connectivity index (χ3n) is 3.88. The largest absolute Gasteiger partial charge is 0.367 e. The van der Waals surface area contributed by atoms with Crippen LogP contribution in [0.4, 0.5) is 11.4 Å². The van der Waals surface area contributed by atoms with Gasteiger partial charge in [-0.05, 0) is 24.3 Å². The van der Waals surface area contributed by atoms with Gasteiger partial charge in [0.05, 0.1) is 24.4 Å². The summed E-state index contributed by atoms with van der Waals surface area (Å²) < 4.78 is 5.30.